The zero-order chi connectivity index (χ0) is 13.1. The quantitative estimate of drug-likeness (QED) is 0.848. The average Bonchev–Trinajstić information content (AvgIpc) is 2.67. The van der Waals surface area contributed by atoms with Crippen LogP contribution in [-0.2, 0) is 16.0 Å². The molecule has 1 N–H and O–H groups in total. The van der Waals surface area contributed by atoms with Crippen molar-refractivity contribution in [1.82, 2.24) is 4.90 Å². The molecule has 1 aliphatic rings. The predicted molar refractivity (Wildman–Crippen MR) is 73.5 cm³/mol. The normalized spacial score (nSPS) is 17.0. The average molecular weight is 281 g/mol. The van der Waals surface area contributed by atoms with Crippen molar-refractivity contribution in [3.8, 4) is 0 Å². The molecule has 1 aliphatic heterocycles. The lowest BCUT2D eigenvalue weighted by Crippen LogP contribution is -2.45. The van der Waals surface area contributed by atoms with Crippen LogP contribution >= 0.6 is 24.0 Å². The second-order valence-electron chi connectivity index (χ2n) is 3.86. The summed E-state index contributed by atoms with van der Waals surface area (Å²) in [7, 11) is 0. The van der Waals surface area contributed by atoms with Gasteiger partial charge in [-0.2, -0.15) is 0 Å². The van der Waals surface area contributed by atoms with Crippen molar-refractivity contribution in [3.63, 3.8) is 0 Å². The second kappa shape index (κ2) is 5.49. The monoisotopic (exact) mass is 281 g/mol. The molecule has 0 spiro atoms. The summed E-state index contributed by atoms with van der Waals surface area (Å²) in [6.45, 7) is 0. The van der Waals surface area contributed by atoms with Gasteiger partial charge in [0.05, 0.1) is 5.75 Å². The first-order chi connectivity index (χ1) is 8.59. The zero-order valence-corrected chi connectivity index (χ0v) is 11.0. The van der Waals surface area contributed by atoms with Crippen molar-refractivity contribution >= 4 is 40.2 Å². The van der Waals surface area contributed by atoms with E-state index < -0.39 is 12.0 Å². The molecule has 1 amide bonds. The minimum atomic E-state index is -1.03. The number of thiocarbonyl (C=S) groups is 1. The summed E-state index contributed by atoms with van der Waals surface area (Å²) >= 11 is 6.25. The Balaban J connectivity index is 2.21. The summed E-state index contributed by atoms with van der Waals surface area (Å²) in [5.74, 6) is -1.03. The van der Waals surface area contributed by atoms with Crippen LogP contribution in [0.1, 0.15) is 5.56 Å². The predicted octanol–water partition coefficient (Wildman–Crippen LogP) is 1.54. The van der Waals surface area contributed by atoms with Crippen molar-refractivity contribution in [3.05, 3.63) is 35.9 Å². The van der Waals surface area contributed by atoms with E-state index >= 15 is 0 Å². The molecule has 1 unspecified atom stereocenters. The van der Waals surface area contributed by atoms with Gasteiger partial charge in [-0.25, -0.2) is 4.79 Å². The maximum absolute atomic E-state index is 11.7. The Morgan fingerprint density at radius 2 is 2.11 bits per heavy atom. The molecule has 1 atom stereocenters. The number of benzene rings is 1. The fourth-order valence-electron chi connectivity index (χ4n) is 1.79. The van der Waals surface area contributed by atoms with E-state index in [9.17, 15) is 14.7 Å². The van der Waals surface area contributed by atoms with Crippen LogP contribution in [0.4, 0.5) is 0 Å². The molecule has 6 heteroatoms. The van der Waals surface area contributed by atoms with Crippen molar-refractivity contribution in [2.24, 2.45) is 0 Å². The number of amides is 1. The molecular formula is C12H11NO3S2. The van der Waals surface area contributed by atoms with Crippen LogP contribution in [0.3, 0.4) is 0 Å². The maximum Gasteiger partial charge on any atom is 0.327 e. The Morgan fingerprint density at radius 3 is 2.61 bits per heavy atom. The molecule has 0 aromatic heterocycles. The number of thioether (sulfide) groups is 1. The largest absolute Gasteiger partial charge is 0.480 e. The fraction of sp³-hybridized carbons (Fsp3) is 0.250. The van der Waals surface area contributed by atoms with E-state index in [1.807, 2.05) is 30.3 Å². The molecule has 2 rings (SSSR count). The lowest BCUT2D eigenvalue weighted by atomic mass is 10.1. The van der Waals surface area contributed by atoms with Crippen molar-refractivity contribution < 1.29 is 14.7 Å². The SMILES string of the molecule is O=C(O)C(Cc1ccccc1)N1C(=O)CSC1=S. The fourth-order valence-corrected chi connectivity index (χ4v) is 2.95. The van der Waals surface area contributed by atoms with Crippen molar-refractivity contribution in [1.29, 1.82) is 0 Å². The number of carboxylic acids is 1. The first-order valence-electron chi connectivity index (χ1n) is 5.35. The van der Waals surface area contributed by atoms with Gasteiger partial charge in [0.25, 0.3) is 0 Å². The number of hydrogen-bond acceptors (Lipinski definition) is 4. The molecule has 0 bridgehead atoms. The lowest BCUT2D eigenvalue weighted by Gasteiger charge is -2.23. The molecular weight excluding hydrogens is 270 g/mol. The van der Waals surface area contributed by atoms with Crippen LogP contribution in [0.5, 0.6) is 0 Å². The van der Waals surface area contributed by atoms with Gasteiger partial charge in [-0.05, 0) is 5.56 Å². The van der Waals surface area contributed by atoms with Gasteiger partial charge >= 0.3 is 5.97 Å². The van der Waals surface area contributed by atoms with E-state index in [1.54, 1.807) is 0 Å². The Kier molecular flexibility index (Phi) is 3.98. The van der Waals surface area contributed by atoms with Gasteiger partial charge in [0, 0.05) is 6.42 Å². The first-order valence-corrected chi connectivity index (χ1v) is 6.74. The van der Waals surface area contributed by atoms with Crippen molar-refractivity contribution in [2.45, 2.75) is 12.5 Å². The molecule has 1 fully saturated rings. The smallest absolute Gasteiger partial charge is 0.327 e. The summed E-state index contributed by atoms with van der Waals surface area (Å²) in [6.07, 6.45) is 0.266. The minimum absolute atomic E-state index is 0.228. The highest BCUT2D eigenvalue weighted by Crippen LogP contribution is 2.23. The van der Waals surface area contributed by atoms with Gasteiger partial charge in [-0.1, -0.05) is 54.3 Å². The van der Waals surface area contributed by atoms with Gasteiger partial charge in [0.2, 0.25) is 5.91 Å². The molecule has 1 aromatic rings. The van der Waals surface area contributed by atoms with E-state index in [4.69, 9.17) is 12.2 Å². The molecule has 1 heterocycles. The van der Waals surface area contributed by atoms with Gasteiger partial charge in [-0.3, -0.25) is 9.69 Å². The summed E-state index contributed by atoms with van der Waals surface area (Å²) in [5.41, 5.74) is 0.873. The van der Waals surface area contributed by atoms with Crippen LogP contribution in [0.2, 0.25) is 0 Å². The Hall–Kier alpha value is -1.40. The summed E-state index contributed by atoms with van der Waals surface area (Å²) < 4.78 is 0.350. The highest BCUT2D eigenvalue weighted by Gasteiger charge is 2.37. The third-order valence-electron chi connectivity index (χ3n) is 2.65. The number of carbonyl (C=O) groups excluding carboxylic acids is 1. The molecule has 1 aromatic carbocycles. The highest BCUT2D eigenvalue weighted by molar-refractivity contribution is 8.23. The number of hydrogen-bond donors (Lipinski definition) is 1. The second-order valence-corrected chi connectivity index (χ2v) is 5.47. The minimum Gasteiger partial charge on any atom is -0.480 e. The number of carboxylic acid groups (broad SMARTS) is 1. The number of nitrogens with zero attached hydrogens (tertiary/aromatic N) is 1. The van der Waals surface area contributed by atoms with E-state index in [-0.39, 0.29) is 18.1 Å². The standard InChI is InChI=1S/C12H11NO3S2/c14-10-7-18-12(17)13(10)9(11(15)16)6-8-4-2-1-3-5-8/h1-5,9H,6-7H2,(H,15,16). The Labute approximate surface area is 114 Å². The van der Waals surface area contributed by atoms with Crippen LogP contribution in [0.15, 0.2) is 30.3 Å². The molecule has 4 nitrogen and oxygen atoms in total. The topological polar surface area (TPSA) is 57.6 Å². The molecule has 0 radical (unpaired) electrons. The van der Waals surface area contributed by atoms with Crippen LogP contribution < -0.4 is 0 Å². The number of carbonyl (C=O) groups is 2. The van der Waals surface area contributed by atoms with E-state index in [1.165, 1.54) is 16.7 Å². The Morgan fingerprint density at radius 1 is 1.44 bits per heavy atom. The molecule has 18 heavy (non-hydrogen) atoms. The van der Waals surface area contributed by atoms with Gasteiger partial charge < -0.3 is 5.11 Å². The maximum atomic E-state index is 11.7. The van der Waals surface area contributed by atoms with Crippen LogP contribution in [0.25, 0.3) is 0 Å². The van der Waals surface area contributed by atoms with Crippen LogP contribution in [-0.4, -0.2) is 38.0 Å². The zero-order valence-electron chi connectivity index (χ0n) is 9.41. The molecule has 1 saturated heterocycles. The summed E-state index contributed by atoms with van der Waals surface area (Å²) in [4.78, 5) is 24.2. The van der Waals surface area contributed by atoms with Gasteiger partial charge in [0.15, 0.2) is 0 Å². The van der Waals surface area contributed by atoms with E-state index in [0.717, 1.165) is 5.56 Å². The summed E-state index contributed by atoms with van der Waals surface area (Å²) in [6, 6.07) is 8.31. The molecule has 0 saturated carbocycles. The number of aliphatic carboxylic acids is 1. The highest BCUT2D eigenvalue weighted by atomic mass is 32.2. The summed E-state index contributed by atoms with van der Waals surface area (Å²) in [5, 5.41) is 9.27. The van der Waals surface area contributed by atoms with Gasteiger partial charge in [0.1, 0.15) is 10.4 Å². The number of rotatable bonds is 4. The molecule has 0 aliphatic carbocycles. The van der Waals surface area contributed by atoms with Crippen LogP contribution in [0, 0.1) is 0 Å². The van der Waals surface area contributed by atoms with E-state index in [0.29, 0.717) is 4.32 Å². The first kappa shape index (κ1) is 13.0. The van der Waals surface area contributed by atoms with Gasteiger partial charge in [-0.15, -0.1) is 0 Å². The Bertz CT molecular complexity index is 473. The molecule has 94 valence electrons. The lowest BCUT2D eigenvalue weighted by molar-refractivity contribution is -0.145. The third kappa shape index (κ3) is 2.70. The third-order valence-corrected chi connectivity index (χ3v) is 4.04. The van der Waals surface area contributed by atoms with Crippen molar-refractivity contribution in [2.75, 3.05) is 5.75 Å². The van der Waals surface area contributed by atoms with E-state index in [2.05, 4.69) is 0 Å².